The van der Waals surface area contributed by atoms with Crippen LogP contribution < -0.4 is 0 Å². The van der Waals surface area contributed by atoms with Crippen LogP contribution in [0.15, 0.2) is 30.3 Å². The molecule has 0 N–H and O–H groups in total. The molecule has 1 aromatic carbocycles. The first-order chi connectivity index (χ1) is 5.38. The van der Waals surface area contributed by atoms with E-state index in [2.05, 4.69) is 36.8 Å². The standard InChI is InChI=1S/C9H11S2/c1-10-9(11-2)8-6-4-3-5-7-8/h3-7H,1-2H3. The summed E-state index contributed by atoms with van der Waals surface area (Å²) in [5.41, 5.74) is 1.33. The highest BCUT2D eigenvalue weighted by atomic mass is 32.2. The maximum absolute atomic E-state index is 2.14. The predicted molar refractivity (Wildman–Crippen MR) is 55.8 cm³/mol. The molecule has 2 heteroatoms. The second-order valence-electron chi connectivity index (χ2n) is 2.06. The van der Waals surface area contributed by atoms with Crippen molar-refractivity contribution >= 4 is 23.5 Å². The van der Waals surface area contributed by atoms with Gasteiger partial charge in [0.1, 0.15) is 4.58 Å². The molecule has 59 valence electrons. The molecule has 0 aliphatic heterocycles. The van der Waals surface area contributed by atoms with Crippen LogP contribution in [0, 0.1) is 4.58 Å². The van der Waals surface area contributed by atoms with Crippen molar-refractivity contribution in [1.29, 1.82) is 0 Å². The largest absolute Gasteiger partial charge is 0.140 e. The molecule has 1 rings (SSSR count). The third kappa shape index (κ3) is 2.46. The SMILES string of the molecule is CS[C](SC)c1ccccc1. The lowest BCUT2D eigenvalue weighted by molar-refractivity contribution is 1.57. The van der Waals surface area contributed by atoms with Crippen molar-refractivity contribution in [2.75, 3.05) is 12.5 Å². The third-order valence-corrected chi connectivity index (χ3v) is 3.59. The molecule has 0 saturated heterocycles. The normalized spacial score (nSPS) is 10.5. The first kappa shape index (κ1) is 9.01. The summed E-state index contributed by atoms with van der Waals surface area (Å²) in [5, 5.41) is 0. The van der Waals surface area contributed by atoms with Crippen LogP contribution in [0.1, 0.15) is 5.56 Å². The highest BCUT2D eigenvalue weighted by Gasteiger charge is 2.06. The van der Waals surface area contributed by atoms with E-state index in [1.165, 1.54) is 10.1 Å². The fourth-order valence-corrected chi connectivity index (χ4v) is 2.30. The van der Waals surface area contributed by atoms with Crippen LogP contribution in [0.3, 0.4) is 0 Å². The minimum Gasteiger partial charge on any atom is -0.140 e. The fraction of sp³-hybridized carbons (Fsp3) is 0.222. The Hall–Kier alpha value is -0.0800. The van der Waals surface area contributed by atoms with E-state index >= 15 is 0 Å². The van der Waals surface area contributed by atoms with Crippen LogP contribution in [0.5, 0.6) is 0 Å². The predicted octanol–water partition coefficient (Wildman–Crippen LogP) is 3.25. The quantitative estimate of drug-likeness (QED) is 0.705. The van der Waals surface area contributed by atoms with Gasteiger partial charge in [0.05, 0.1) is 0 Å². The Morgan fingerprint density at radius 3 is 2.00 bits per heavy atom. The molecule has 0 spiro atoms. The summed E-state index contributed by atoms with van der Waals surface area (Å²) in [6.45, 7) is 0. The van der Waals surface area contributed by atoms with E-state index in [9.17, 15) is 0 Å². The molecule has 0 nitrogen and oxygen atoms in total. The van der Waals surface area contributed by atoms with Crippen LogP contribution in [0.25, 0.3) is 0 Å². The molecule has 0 atom stereocenters. The van der Waals surface area contributed by atoms with Gasteiger partial charge in [0.25, 0.3) is 0 Å². The summed E-state index contributed by atoms with van der Waals surface area (Å²) < 4.78 is 1.38. The lowest BCUT2D eigenvalue weighted by Gasteiger charge is -2.08. The van der Waals surface area contributed by atoms with E-state index in [4.69, 9.17) is 0 Å². The van der Waals surface area contributed by atoms with Crippen LogP contribution in [-0.4, -0.2) is 12.5 Å². The molecule has 0 amide bonds. The molecule has 0 bridgehead atoms. The minimum absolute atomic E-state index is 1.33. The maximum atomic E-state index is 2.14. The highest BCUT2D eigenvalue weighted by Crippen LogP contribution is 2.34. The third-order valence-electron chi connectivity index (χ3n) is 1.38. The molecule has 0 fully saturated rings. The molecule has 0 aliphatic rings. The Morgan fingerprint density at radius 1 is 1.00 bits per heavy atom. The molecular weight excluding hydrogens is 172 g/mol. The van der Waals surface area contributed by atoms with Gasteiger partial charge in [-0.25, -0.2) is 0 Å². The number of benzene rings is 1. The average Bonchev–Trinajstić information content (AvgIpc) is 2.09. The number of hydrogen-bond acceptors (Lipinski definition) is 2. The van der Waals surface area contributed by atoms with Crippen LogP contribution in [0.2, 0.25) is 0 Å². The Balaban J connectivity index is 2.74. The second kappa shape index (κ2) is 4.73. The molecule has 0 aliphatic carbocycles. The smallest absolute Gasteiger partial charge is 0.113 e. The molecule has 0 unspecified atom stereocenters. The van der Waals surface area contributed by atoms with Crippen molar-refractivity contribution in [1.82, 2.24) is 0 Å². The highest BCUT2D eigenvalue weighted by molar-refractivity contribution is 8.20. The van der Waals surface area contributed by atoms with Crippen molar-refractivity contribution in [3.8, 4) is 0 Å². The maximum Gasteiger partial charge on any atom is 0.113 e. The first-order valence-electron chi connectivity index (χ1n) is 3.39. The fourth-order valence-electron chi connectivity index (χ4n) is 0.893. The monoisotopic (exact) mass is 183 g/mol. The lowest BCUT2D eigenvalue weighted by atomic mass is 10.2. The van der Waals surface area contributed by atoms with Crippen molar-refractivity contribution in [2.24, 2.45) is 0 Å². The summed E-state index contributed by atoms with van der Waals surface area (Å²) in [5.74, 6) is 0. The topological polar surface area (TPSA) is 0 Å². The summed E-state index contributed by atoms with van der Waals surface area (Å²) in [6, 6.07) is 10.5. The van der Waals surface area contributed by atoms with E-state index in [1.54, 1.807) is 23.5 Å². The zero-order valence-electron chi connectivity index (χ0n) is 6.70. The van der Waals surface area contributed by atoms with Gasteiger partial charge in [0, 0.05) is 0 Å². The molecule has 0 saturated carbocycles. The second-order valence-corrected chi connectivity index (χ2v) is 3.95. The van der Waals surface area contributed by atoms with E-state index in [1.807, 2.05) is 6.07 Å². The lowest BCUT2D eigenvalue weighted by Crippen LogP contribution is -1.86. The summed E-state index contributed by atoms with van der Waals surface area (Å²) in [7, 11) is 0. The summed E-state index contributed by atoms with van der Waals surface area (Å²) in [4.78, 5) is 0. The van der Waals surface area contributed by atoms with Crippen molar-refractivity contribution in [3.63, 3.8) is 0 Å². The van der Waals surface area contributed by atoms with E-state index in [-0.39, 0.29) is 0 Å². The summed E-state index contributed by atoms with van der Waals surface area (Å²) in [6.07, 6.45) is 4.22. The molecule has 1 radical (unpaired) electrons. The van der Waals surface area contributed by atoms with Gasteiger partial charge in [0.2, 0.25) is 0 Å². The van der Waals surface area contributed by atoms with Crippen LogP contribution >= 0.6 is 23.5 Å². The van der Waals surface area contributed by atoms with Gasteiger partial charge in [-0.3, -0.25) is 0 Å². The van der Waals surface area contributed by atoms with Crippen molar-refractivity contribution < 1.29 is 0 Å². The Kier molecular flexibility index (Phi) is 3.87. The molecular formula is C9H11S2. The van der Waals surface area contributed by atoms with Crippen LogP contribution in [-0.2, 0) is 0 Å². The molecule has 11 heavy (non-hydrogen) atoms. The number of thioether (sulfide) groups is 2. The van der Waals surface area contributed by atoms with Gasteiger partial charge >= 0.3 is 0 Å². The van der Waals surface area contributed by atoms with E-state index in [0.717, 1.165) is 0 Å². The molecule has 0 heterocycles. The van der Waals surface area contributed by atoms with Gasteiger partial charge < -0.3 is 0 Å². The van der Waals surface area contributed by atoms with Crippen molar-refractivity contribution in [3.05, 3.63) is 40.5 Å². The van der Waals surface area contributed by atoms with Crippen molar-refractivity contribution in [2.45, 2.75) is 0 Å². The Bertz CT molecular complexity index is 192. The van der Waals surface area contributed by atoms with Gasteiger partial charge in [0.15, 0.2) is 0 Å². The first-order valence-corrected chi connectivity index (χ1v) is 5.83. The van der Waals surface area contributed by atoms with Gasteiger partial charge in [-0.2, -0.15) is 0 Å². The zero-order valence-corrected chi connectivity index (χ0v) is 8.34. The van der Waals surface area contributed by atoms with Gasteiger partial charge in [-0.15, -0.1) is 23.5 Å². The van der Waals surface area contributed by atoms with E-state index in [0.29, 0.717) is 0 Å². The van der Waals surface area contributed by atoms with E-state index < -0.39 is 0 Å². The molecule has 0 aromatic heterocycles. The Morgan fingerprint density at radius 2 is 1.55 bits per heavy atom. The summed E-state index contributed by atoms with van der Waals surface area (Å²) >= 11 is 3.61. The number of hydrogen-bond donors (Lipinski definition) is 0. The zero-order chi connectivity index (χ0) is 8.10. The van der Waals surface area contributed by atoms with Crippen LogP contribution in [0.4, 0.5) is 0 Å². The minimum atomic E-state index is 1.33. The van der Waals surface area contributed by atoms with Gasteiger partial charge in [-0.1, -0.05) is 30.3 Å². The van der Waals surface area contributed by atoms with Gasteiger partial charge in [-0.05, 0) is 18.1 Å². The average molecular weight is 183 g/mol. The molecule has 1 aromatic rings. The number of rotatable bonds is 3. The Labute approximate surface area is 76.8 Å².